The minimum absolute atomic E-state index is 0.314. The van der Waals surface area contributed by atoms with Gasteiger partial charge in [-0.2, -0.15) is 4.31 Å². The van der Waals surface area contributed by atoms with Crippen LogP contribution in [0.15, 0.2) is 24.3 Å². The normalized spacial score (nSPS) is 17.2. The summed E-state index contributed by atoms with van der Waals surface area (Å²) < 4.78 is 28.9. The first-order valence-electron chi connectivity index (χ1n) is 3.70. The van der Waals surface area contributed by atoms with Gasteiger partial charge in [0, 0.05) is 0 Å². The fourth-order valence-corrected chi connectivity index (χ4v) is 2.03. The highest BCUT2D eigenvalue weighted by Crippen LogP contribution is 2.57. The number of allylic oxidation sites excluding steroid dienone is 2. The van der Waals surface area contributed by atoms with Crippen LogP contribution in [0.1, 0.15) is 6.92 Å². The average molecular weight is 258 g/mol. The van der Waals surface area contributed by atoms with Crippen LogP contribution in [-0.2, 0) is 18.0 Å². The summed E-state index contributed by atoms with van der Waals surface area (Å²) in [6, 6.07) is 0. The Morgan fingerprint density at radius 1 is 1.40 bits per heavy atom. The molecule has 1 atom stereocenters. The summed E-state index contributed by atoms with van der Waals surface area (Å²) in [4.78, 5) is 25.3. The molecule has 0 radical (unpaired) electrons. The molecule has 0 aliphatic carbocycles. The van der Waals surface area contributed by atoms with Crippen molar-refractivity contribution in [3.8, 4) is 0 Å². The lowest BCUT2D eigenvalue weighted by Gasteiger charge is -2.10. The molecule has 0 bridgehead atoms. The summed E-state index contributed by atoms with van der Waals surface area (Å²) in [7, 11) is -9.76. The number of phosphoric acid groups is 2. The van der Waals surface area contributed by atoms with E-state index < -0.39 is 15.6 Å². The van der Waals surface area contributed by atoms with Crippen molar-refractivity contribution < 1.29 is 32.6 Å². The number of hydrogen-bond donors (Lipinski definition) is 3. The zero-order valence-electron chi connectivity index (χ0n) is 7.94. The Balaban J connectivity index is 4.23. The van der Waals surface area contributed by atoms with Crippen molar-refractivity contribution in [2.75, 3.05) is 6.61 Å². The SMILES string of the molecule is C=CC(C)=CCOP(=O)(O)OP(=O)(O)O. The van der Waals surface area contributed by atoms with Gasteiger partial charge in [0.1, 0.15) is 0 Å². The molecule has 0 aromatic carbocycles. The number of rotatable bonds is 6. The molecule has 0 heterocycles. The van der Waals surface area contributed by atoms with Crippen molar-refractivity contribution in [1.82, 2.24) is 0 Å². The molecule has 0 rings (SSSR count). The van der Waals surface area contributed by atoms with Crippen molar-refractivity contribution in [1.29, 1.82) is 0 Å². The lowest BCUT2D eigenvalue weighted by Crippen LogP contribution is -1.94. The average Bonchev–Trinajstić information content (AvgIpc) is 1.98. The van der Waals surface area contributed by atoms with E-state index in [0.29, 0.717) is 5.57 Å². The van der Waals surface area contributed by atoms with Gasteiger partial charge in [-0.15, -0.1) is 0 Å². The second kappa shape index (κ2) is 5.72. The van der Waals surface area contributed by atoms with Gasteiger partial charge in [-0.05, 0) is 6.92 Å². The van der Waals surface area contributed by atoms with Crippen LogP contribution in [0.5, 0.6) is 0 Å². The molecule has 0 saturated heterocycles. The molecule has 0 saturated carbocycles. The van der Waals surface area contributed by atoms with Crippen LogP contribution in [0.25, 0.3) is 0 Å². The van der Waals surface area contributed by atoms with E-state index in [2.05, 4.69) is 15.4 Å². The zero-order valence-corrected chi connectivity index (χ0v) is 9.73. The predicted molar refractivity (Wildman–Crippen MR) is 52.9 cm³/mol. The van der Waals surface area contributed by atoms with Crippen molar-refractivity contribution in [3.63, 3.8) is 0 Å². The van der Waals surface area contributed by atoms with Crippen LogP contribution in [-0.4, -0.2) is 21.3 Å². The first-order valence-corrected chi connectivity index (χ1v) is 6.72. The van der Waals surface area contributed by atoms with Crippen LogP contribution in [0.3, 0.4) is 0 Å². The summed E-state index contributed by atoms with van der Waals surface area (Å²) in [6.07, 6.45) is 2.88. The molecular formula is C6H12O7P2. The highest BCUT2D eigenvalue weighted by molar-refractivity contribution is 7.60. The Morgan fingerprint density at radius 3 is 2.33 bits per heavy atom. The van der Waals surface area contributed by atoms with Gasteiger partial charge < -0.3 is 14.7 Å². The van der Waals surface area contributed by atoms with E-state index in [1.807, 2.05) is 0 Å². The minimum Gasteiger partial charge on any atom is -0.302 e. The molecule has 0 aliphatic heterocycles. The van der Waals surface area contributed by atoms with E-state index in [1.165, 1.54) is 12.2 Å². The van der Waals surface area contributed by atoms with Gasteiger partial charge in [-0.3, -0.25) is 4.52 Å². The van der Waals surface area contributed by atoms with Crippen molar-refractivity contribution in [2.24, 2.45) is 0 Å². The van der Waals surface area contributed by atoms with Gasteiger partial charge in [0.15, 0.2) is 0 Å². The Bertz CT molecular complexity index is 341. The van der Waals surface area contributed by atoms with Crippen LogP contribution in [0.2, 0.25) is 0 Å². The maximum absolute atomic E-state index is 10.9. The fourth-order valence-electron chi connectivity index (χ4n) is 0.504. The summed E-state index contributed by atoms with van der Waals surface area (Å²) >= 11 is 0. The molecule has 1 unspecified atom stereocenters. The molecule has 15 heavy (non-hydrogen) atoms. The lowest BCUT2D eigenvalue weighted by molar-refractivity contribution is 0.191. The fraction of sp³-hybridized carbons (Fsp3) is 0.333. The zero-order chi connectivity index (χ0) is 12.1. The van der Waals surface area contributed by atoms with Gasteiger partial charge in [-0.25, -0.2) is 9.13 Å². The molecule has 7 nitrogen and oxygen atoms in total. The summed E-state index contributed by atoms with van der Waals surface area (Å²) in [5.41, 5.74) is 0.686. The standard InChI is InChI=1S/C6H12O7P2/c1-3-6(2)4-5-12-15(10,11)13-14(7,8)9/h3-4H,1,5H2,2H3,(H,10,11)(H2,7,8,9). The molecule has 0 spiro atoms. The second-order valence-corrected chi connectivity index (χ2v) is 5.32. The molecule has 9 heteroatoms. The lowest BCUT2D eigenvalue weighted by atomic mass is 10.3. The Kier molecular flexibility index (Phi) is 5.62. The van der Waals surface area contributed by atoms with E-state index in [1.54, 1.807) is 6.92 Å². The highest BCUT2D eigenvalue weighted by atomic mass is 31.3. The van der Waals surface area contributed by atoms with Crippen LogP contribution in [0, 0.1) is 0 Å². The third-order valence-electron chi connectivity index (χ3n) is 1.17. The van der Waals surface area contributed by atoms with Crippen molar-refractivity contribution in [3.05, 3.63) is 24.3 Å². The third-order valence-corrected chi connectivity index (χ3v) is 3.33. The first kappa shape index (κ1) is 14.7. The molecule has 88 valence electrons. The van der Waals surface area contributed by atoms with Gasteiger partial charge in [0.2, 0.25) is 0 Å². The molecule has 3 N–H and O–H groups in total. The molecule has 0 aromatic rings. The smallest absolute Gasteiger partial charge is 0.302 e. The quantitative estimate of drug-likeness (QED) is 0.486. The summed E-state index contributed by atoms with van der Waals surface area (Å²) in [5.74, 6) is 0. The van der Waals surface area contributed by atoms with Gasteiger partial charge in [-0.1, -0.05) is 24.3 Å². The van der Waals surface area contributed by atoms with E-state index in [-0.39, 0.29) is 6.61 Å². The third kappa shape index (κ3) is 8.72. The Labute approximate surface area is 86.9 Å². The number of phosphoric ester groups is 1. The van der Waals surface area contributed by atoms with Crippen LogP contribution in [0.4, 0.5) is 0 Å². The van der Waals surface area contributed by atoms with E-state index in [4.69, 9.17) is 14.7 Å². The second-order valence-electron chi connectivity index (χ2n) is 2.49. The van der Waals surface area contributed by atoms with Gasteiger partial charge >= 0.3 is 15.6 Å². The monoisotopic (exact) mass is 258 g/mol. The summed E-state index contributed by atoms with van der Waals surface area (Å²) in [6.45, 7) is 4.78. The summed E-state index contributed by atoms with van der Waals surface area (Å²) in [5, 5.41) is 0. The molecule has 0 aromatic heterocycles. The molecule has 0 aliphatic rings. The van der Waals surface area contributed by atoms with E-state index >= 15 is 0 Å². The van der Waals surface area contributed by atoms with Gasteiger partial charge in [0.05, 0.1) is 6.61 Å². The Morgan fingerprint density at radius 2 is 1.93 bits per heavy atom. The van der Waals surface area contributed by atoms with Crippen molar-refractivity contribution >= 4 is 15.6 Å². The predicted octanol–water partition coefficient (Wildman–Crippen LogP) is 1.34. The molecule has 0 amide bonds. The van der Waals surface area contributed by atoms with E-state index in [9.17, 15) is 9.13 Å². The van der Waals surface area contributed by atoms with E-state index in [0.717, 1.165) is 0 Å². The van der Waals surface area contributed by atoms with Gasteiger partial charge in [0.25, 0.3) is 0 Å². The first-order chi connectivity index (χ1) is 6.66. The Hall–Kier alpha value is -0.260. The molecular weight excluding hydrogens is 246 g/mol. The minimum atomic E-state index is -5.04. The maximum atomic E-state index is 10.9. The maximum Gasteiger partial charge on any atom is 0.481 e. The molecule has 0 fully saturated rings. The van der Waals surface area contributed by atoms with Crippen molar-refractivity contribution in [2.45, 2.75) is 6.92 Å². The highest BCUT2D eigenvalue weighted by Gasteiger charge is 2.31. The largest absolute Gasteiger partial charge is 0.481 e. The number of hydrogen-bond acceptors (Lipinski definition) is 4. The topological polar surface area (TPSA) is 113 Å². The van der Waals surface area contributed by atoms with Crippen LogP contribution >= 0.6 is 15.6 Å². The van der Waals surface area contributed by atoms with Crippen LogP contribution < -0.4 is 0 Å².